The van der Waals surface area contributed by atoms with Gasteiger partial charge in [0.1, 0.15) is 0 Å². The number of nitrogens with one attached hydrogen (secondary N) is 2. The zero-order chi connectivity index (χ0) is 21.6. The van der Waals surface area contributed by atoms with E-state index in [1.54, 1.807) is 0 Å². The van der Waals surface area contributed by atoms with E-state index >= 15 is 0 Å². The molecule has 0 amide bonds. The molecule has 1 aromatic heterocycles. The first-order chi connectivity index (χ1) is 15.9. The Hall–Kier alpha value is -3.92. The van der Waals surface area contributed by atoms with Crippen molar-refractivity contribution in [1.29, 1.82) is 0 Å². The Morgan fingerprint density at radius 3 is 1.34 bits per heavy atom. The summed E-state index contributed by atoms with van der Waals surface area (Å²) in [7, 11) is 0. The maximum atomic E-state index is 4.55. The molecular weight excluding hydrogens is 392 g/mol. The van der Waals surface area contributed by atoms with Crippen molar-refractivity contribution in [3.05, 3.63) is 108 Å². The molecule has 0 aliphatic heterocycles. The number of nitrogens with zero attached hydrogens (tertiary/aromatic N) is 2. The lowest BCUT2D eigenvalue weighted by Gasteiger charge is -2.13. The highest BCUT2D eigenvalue weighted by Gasteiger charge is 2.11. The smallest absolute Gasteiger partial charge is 0.156 e. The van der Waals surface area contributed by atoms with E-state index in [4.69, 9.17) is 0 Å². The van der Waals surface area contributed by atoms with Crippen LogP contribution in [-0.4, -0.2) is 23.3 Å². The van der Waals surface area contributed by atoms with Gasteiger partial charge in [0.25, 0.3) is 0 Å². The maximum Gasteiger partial charge on any atom is 0.156 e. The number of hydrogen-bond donors (Lipinski definition) is 2. The van der Waals surface area contributed by atoms with Gasteiger partial charge in [0.15, 0.2) is 11.6 Å². The van der Waals surface area contributed by atoms with Crippen molar-refractivity contribution in [1.82, 2.24) is 10.2 Å². The number of hydrogen-bond acceptors (Lipinski definition) is 4. The summed E-state index contributed by atoms with van der Waals surface area (Å²) < 4.78 is 0. The highest BCUT2D eigenvalue weighted by atomic mass is 15.2. The molecule has 1 heterocycles. The average molecular weight is 419 g/mol. The molecule has 5 rings (SSSR count). The van der Waals surface area contributed by atoms with Crippen LogP contribution in [0.5, 0.6) is 0 Å². The Labute approximate surface area is 188 Å². The van der Waals surface area contributed by atoms with Gasteiger partial charge in [-0.05, 0) is 46.9 Å². The van der Waals surface area contributed by atoms with E-state index in [9.17, 15) is 0 Å². The van der Waals surface area contributed by atoms with Gasteiger partial charge in [-0.15, -0.1) is 10.2 Å². The lowest BCUT2D eigenvalue weighted by molar-refractivity contribution is 0.958. The van der Waals surface area contributed by atoms with Crippen molar-refractivity contribution in [3.8, 4) is 0 Å². The molecule has 0 unspecified atom stereocenters. The quantitative estimate of drug-likeness (QED) is 0.299. The number of fused-ring (bicyclic) bond motifs is 2. The second-order valence-corrected chi connectivity index (χ2v) is 7.97. The van der Waals surface area contributed by atoms with Gasteiger partial charge >= 0.3 is 0 Å². The summed E-state index contributed by atoms with van der Waals surface area (Å²) in [6, 6.07) is 33.9. The maximum absolute atomic E-state index is 4.55. The number of anilines is 2. The summed E-state index contributed by atoms with van der Waals surface area (Å²) >= 11 is 0. The van der Waals surface area contributed by atoms with Crippen molar-refractivity contribution in [2.75, 3.05) is 23.7 Å². The van der Waals surface area contributed by atoms with E-state index in [0.717, 1.165) is 48.3 Å². The van der Waals surface area contributed by atoms with E-state index in [1.807, 2.05) is 12.1 Å². The van der Waals surface area contributed by atoms with Crippen LogP contribution in [0.3, 0.4) is 0 Å². The SMILES string of the molecule is c1ccc(CCNc2nnc(NCCc3ccccc3)c3cc4ccccc4cc23)cc1. The highest BCUT2D eigenvalue weighted by molar-refractivity contribution is 6.06. The van der Waals surface area contributed by atoms with Crippen LogP contribution in [-0.2, 0) is 12.8 Å². The predicted molar refractivity (Wildman–Crippen MR) is 134 cm³/mol. The lowest BCUT2D eigenvalue weighted by atomic mass is 10.0. The van der Waals surface area contributed by atoms with E-state index in [1.165, 1.54) is 21.9 Å². The fourth-order valence-corrected chi connectivity index (χ4v) is 4.04. The normalized spacial score (nSPS) is 11.0. The molecule has 4 heteroatoms. The third-order valence-corrected chi connectivity index (χ3v) is 5.74. The van der Waals surface area contributed by atoms with Crippen LogP contribution in [0.25, 0.3) is 21.5 Å². The second kappa shape index (κ2) is 9.48. The minimum absolute atomic E-state index is 0.807. The molecule has 0 spiro atoms. The minimum Gasteiger partial charge on any atom is -0.368 e. The topological polar surface area (TPSA) is 49.8 Å². The standard InChI is InChI=1S/C28H26N4/c1-3-9-21(10-4-1)15-17-29-27-25-19-23-13-7-8-14-24(23)20-26(25)28(32-31-27)30-18-16-22-11-5-2-6-12-22/h1-14,19-20H,15-18H2,(H,29,31)(H,30,32). The average Bonchev–Trinajstić information content (AvgIpc) is 2.85. The van der Waals surface area contributed by atoms with Crippen LogP contribution in [0.15, 0.2) is 97.1 Å². The van der Waals surface area contributed by atoms with Gasteiger partial charge < -0.3 is 10.6 Å². The largest absolute Gasteiger partial charge is 0.368 e. The molecule has 158 valence electrons. The Morgan fingerprint density at radius 2 is 0.906 bits per heavy atom. The Bertz CT molecular complexity index is 1210. The van der Waals surface area contributed by atoms with Gasteiger partial charge in [-0.25, -0.2) is 0 Å². The summed E-state index contributed by atoms with van der Waals surface area (Å²) in [6.45, 7) is 1.61. The van der Waals surface area contributed by atoms with Crippen molar-refractivity contribution in [2.45, 2.75) is 12.8 Å². The van der Waals surface area contributed by atoms with Crippen molar-refractivity contribution >= 4 is 33.2 Å². The molecule has 0 radical (unpaired) electrons. The van der Waals surface area contributed by atoms with E-state index in [-0.39, 0.29) is 0 Å². The molecule has 0 aliphatic carbocycles. The summed E-state index contributed by atoms with van der Waals surface area (Å²) in [4.78, 5) is 0. The van der Waals surface area contributed by atoms with E-state index in [2.05, 4.69) is 106 Å². The molecule has 4 nitrogen and oxygen atoms in total. The first kappa shape index (κ1) is 20.0. The van der Waals surface area contributed by atoms with Crippen LogP contribution in [0.2, 0.25) is 0 Å². The van der Waals surface area contributed by atoms with Gasteiger partial charge in [0, 0.05) is 23.9 Å². The third kappa shape index (κ3) is 4.54. The number of aromatic nitrogens is 2. The molecular formula is C28H26N4. The van der Waals surface area contributed by atoms with Gasteiger partial charge in [-0.2, -0.15) is 0 Å². The molecule has 0 aliphatic rings. The summed E-state index contributed by atoms with van der Waals surface area (Å²) in [5, 5.41) is 20.7. The fourth-order valence-electron chi connectivity index (χ4n) is 4.04. The van der Waals surface area contributed by atoms with Gasteiger partial charge in [0.05, 0.1) is 0 Å². The minimum atomic E-state index is 0.807. The number of benzene rings is 4. The van der Waals surface area contributed by atoms with Gasteiger partial charge in [0.2, 0.25) is 0 Å². The molecule has 0 fully saturated rings. The summed E-state index contributed by atoms with van der Waals surface area (Å²) in [5.41, 5.74) is 2.61. The zero-order valence-corrected chi connectivity index (χ0v) is 18.0. The first-order valence-electron chi connectivity index (χ1n) is 11.1. The third-order valence-electron chi connectivity index (χ3n) is 5.74. The molecule has 0 bridgehead atoms. The van der Waals surface area contributed by atoms with Crippen LogP contribution < -0.4 is 10.6 Å². The van der Waals surface area contributed by atoms with Crippen molar-refractivity contribution in [3.63, 3.8) is 0 Å². The van der Waals surface area contributed by atoms with E-state index in [0.29, 0.717) is 0 Å². The molecule has 2 N–H and O–H groups in total. The summed E-state index contributed by atoms with van der Waals surface area (Å²) in [5.74, 6) is 1.66. The second-order valence-electron chi connectivity index (χ2n) is 7.97. The predicted octanol–water partition coefficient (Wildman–Crippen LogP) is 6.09. The van der Waals surface area contributed by atoms with Crippen LogP contribution in [0.1, 0.15) is 11.1 Å². The molecule has 0 saturated heterocycles. The fraction of sp³-hybridized carbons (Fsp3) is 0.143. The molecule has 5 aromatic rings. The molecule has 0 saturated carbocycles. The highest BCUT2D eigenvalue weighted by Crippen LogP contribution is 2.30. The van der Waals surface area contributed by atoms with Crippen LogP contribution in [0.4, 0.5) is 11.6 Å². The molecule has 0 atom stereocenters. The van der Waals surface area contributed by atoms with Crippen molar-refractivity contribution < 1.29 is 0 Å². The molecule has 32 heavy (non-hydrogen) atoms. The Morgan fingerprint density at radius 1 is 0.500 bits per heavy atom. The number of rotatable bonds is 8. The van der Waals surface area contributed by atoms with Crippen LogP contribution in [0, 0.1) is 0 Å². The monoisotopic (exact) mass is 418 g/mol. The van der Waals surface area contributed by atoms with Gasteiger partial charge in [-0.1, -0.05) is 84.9 Å². The van der Waals surface area contributed by atoms with Crippen LogP contribution >= 0.6 is 0 Å². The Kier molecular flexibility index (Phi) is 5.93. The van der Waals surface area contributed by atoms with Gasteiger partial charge in [-0.3, -0.25) is 0 Å². The Balaban J connectivity index is 1.41. The summed E-state index contributed by atoms with van der Waals surface area (Å²) in [6.07, 6.45) is 1.88. The van der Waals surface area contributed by atoms with E-state index < -0.39 is 0 Å². The van der Waals surface area contributed by atoms with Crippen molar-refractivity contribution in [2.24, 2.45) is 0 Å². The lowest BCUT2D eigenvalue weighted by Crippen LogP contribution is -2.11. The molecule has 4 aromatic carbocycles. The zero-order valence-electron chi connectivity index (χ0n) is 18.0. The first-order valence-corrected chi connectivity index (χ1v) is 11.1.